The van der Waals surface area contributed by atoms with Gasteiger partial charge in [-0.25, -0.2) is 0 Å². The molecule has 6 rings (SSSR count). The molecule has 2 N–H and O–H groups in total. The molecule has 1 aromatic heterocycles. The van der Waals surface area contributed by atoms with Crippen LogP contribution >= 0.6 is 34.5 Å². The quantitative estimate of drug-likeness (QED) is 0.498. The lowest BCUT2D eigenvalue weighted by atomic mass is 9.74. The zero-order valence-electron chi connectivity index (χ0n) is 20.0. The van der Waals surface area contributed by atoms with E-state index in [4.69, 9.17) is 27.9 Å². The van der Waals surface area contributed by atoms with E-state index in [0.29, 0.717) is 22.3 Å². The first kappa shape index (κ1) is 24.9. The Balaban J connectivity index is 1.31. The van der Waals surface area contributed by atoms with E-state index in [1.807, 2.05) is 29.7 Å². The maximum absolute atomic E-state index is 14.0. The summed E-state index contributed by atoms with van der Waals surface area (Å²) in [7, 11) is 0. The third-order valence-electron chi connectivity index (χ3n) is 7.97. The Morgan fingerprint density at radius 2 is 1.92 bits per heavy atom. The van der Waals surface area contributed by atoms with Gasteiger partial charge in [-0.1, -0.05) is 60.7 Å². The highest BCUT2D eigenvalue weighted by molar-refractivity contribution is 7.09. The van der Waals surface area contributed by atoms with Crippen molar-refractivity contribution in [2.45, 2.75) is 62.4 Å². The van der Waals surface area contributed by atoms with Crippen LogP contribution in [0.1, 0.15) is 37.0 Å². The van der Waals surface area contributed by atoms with Crippen LogP contribution in [-0.4, -0.2) is 46.4 Å². The fourth-order valence-electron chi connectivity index (χ4n) is 6.33. The Labute approximate surface area is 229 Å². The Hall–Kier alpha value is -2.39. The van der Waals surface area contributed by atoms with E-state index in [2.05, 4.69) is 10.6 Å². The van der Waals surface area contributed by atoms with Gasteiger partial charge in [0, 0.05) is 16.6 Å². The Kier molecular flexibility index (Phi) is 6.55. The number of fused-ring (bicyclic) bond motifs is 1. The molecule has 4 aliphatic rings. The van der Waals surface area contributed by atoms with Crippen LogP contribution in [0.2, 0.25) is 10.0 Å². The molecule has 10 heteroatoms. The summed E-state index contributed by atoms with van der Waals surface area (Å²) < 4.78 is 6.40. The Bertz CT molecular complexity index is 1260. The molecule has 3 unspecified atom stereocenters. The number of amides is 3. The summed E-state index contributed by atoms with van der Waals surface area (Å²) in [6.45, 7) is 0.292. The standard InChI is InChI=1S/C27H27Cl2N3O4S/c28-18-9-8-16(13-19(18)29)31-24(33)21-20-10-11-27(36-20)22(21)26(35)32(14-17-7-4-12-37-17)23(27)25(34)30-15-5-2-1-3-6-15/h4,7-13,15,20-23H,1-3,5-6,14H2,(H,30,34)(H,31,33)/t20-,21?,22-,23?,27?/m1/s1. The molecular weight excluding hydrogens is 533 g/mol. The minimum atomic E-state index is -1.18. The van der Waals surface area contributed by atoms with Crippen LogP contribution in [0.15, 0.2) is 47.9 Å². The number of thiophene rings is 1. The molecule has 1 saturated carbocycles. The number of ether oxygens (including phenoxy) is 1. The molecule has 2 saturated heterocycles. The molecule has 2 aromatic rings. The van der Waals surface area contributed by atoms with E-state index in [-0.39, 0.29) is 23.8 Å². The van der Waals surface area contributed by atoms with Gasteiger partial charge in [0.05, 0.1) is 34.5 Å². The second-order valence-corrected chi connectivity index (χ2v) is 12.1. The zero-order chi connectivity index (χ0) is 25.7. The van der Waals surface area contributed by atoms with Crippen LogP contribution in [0.5, 0.6) is 0 Å². The fourth-order valence-corrected chi connectivity index (χ4v) is 7.34. The first-order chi connectivity index (χ1) is 17.9. The molecule has 1 aromatic carbocycles. The van der Waals surface area contributed by atoms with Gasteiger partial charge in [0.1, 0.15) is 11.6 Å². The van der Waals surface area contributed by atoms with Crippen molar-refractivity contribution in [2.24, 2.45) is 11.8 Å². The van der Waals surface area contributed by atoms with Gasteiger partial charge >= 0.3 is 0 Å². The highest BCUT2D eigenvalue weighted by Crippen LogP contribution is 2.55. The van der Waals surface area contributed by atoms with Gasteiger partial charge in [-0.2, -0.15) is 0 Å². The lowest BCUT2D eigenvalue weighted by molar-refractivity contribution is -0.142. The lowest BCUT2D eigenvalue weighted by Gasteiger charge is -2.34. The molecule has 194 valence electrons. The van der Waals surface area contributed by atoms with E-state index in [1.165, 1.54) is 17.8 Å². The van der Waals surface area contributed by atoms with Gasteiger partial charge in [-0.05, 0) is 42.5 Å². The number of rotatable bonds is 6. The van der Waals surface area contributed by atoms with Crippen molar-refractivity contribution in [1.29, 1.82) is 0 Å². The molecular formula is C27H27Cl2N3O4S. The van der Waals surface area contributed by atoms with Crippen molar-refractivity contribution < 1.29 is 19.1 Å². The first-order valence-electron chi connectivity index (χ1n) is 12.6. The fraction of sp³-hybridized carbons (Fsp3) is 0.444. The molecule has 4 heterocycles. The molecule has 1 spiro atoms. The van der Waals surface area contributed by atoms with Crippen LogP contribution in [-0.2, 0) is 25.7 Å². The second-order valence-electron chi connectivity index (χ2n) is 10.2. The zero-order valence-corrected chi connectivity index (χ0v) is 22.3. The topological polar surface area (TPSA) is 87.7 Å². The predicted molar refractivity (Wildman–Crippen MR) is 142 cm³/mol. The van der Waals surface area contributed by atoms with Crippen LogP contribution in [0.4, 0.5) is 5.69 Å². The summed E-state index contributed by atoms with van der Waals surface area (Å²) >= 11 is 13.7. The average molecular weight is 561 g/mol. The smallest absolute Gasteiger partial charge is 0.246 e. The summed E-state index contributed by atoms with van der Waals surface area (Å²) in [5, 5.41) is 8.72. The predicted octanol–water partition coefficient (Wildman–Crippen LogP) is 4.79. The maximum Gasteiger partial charge on any atom is 0.246 e. The van der Waals surface area contributed by atoms with Crippen LogP contribution in [0.3, 0.4) is 0 Å². The van der Waals surface area contributed by atoms with Crippen molar-refractivity contribution in [1.82, 2.24) is 10.2 Å². The minimum absolute atomic E-state index is 0.0896. The monoisotopic (exact) mass is 559 g/mol. The Morgan fingerprint density at radius 1 is 1.11 bits per heavy atom. The molecule has 2 bridgehead atoms. The summed E-state index contributed by atoms with van der Waals surface area (Å²) in [6.07, 6.45) is 8.26. The van der Waals surface area contributed by atoms with Gasteiger partial charge in [-0.15, -0.1) is 11.3 Å². The van der Waals surface area contributed by atoms with Crippen molar-refractivity contribution in [3.63, 3.8) is 0 Å². The number of benzene rings is 1. The number of likely N-dealkylation sites (tertiary alicyclic amines) is 1. The number of nitrogens with one attached hydrogen (secondary N) is 2. The van der Waals surface area contributed by atoms with Gasteiger partial charge in [-0.3, -0.25) is 14.4 Å². The molecule has 0 radical (unpaired) electrons. The Morgan fingerprint density at radius 3 is 2.65 bits per heavy atom. The third kappa shape index (κ3) is 4.28. The van der Waals surface area contributed by atoms with Crippen LogP contribution < -0.4 is 10.6 Å². The van der Waals surface area contributed by atoms with Crippen molar-refractivity contribution in [2.75, 3.05) is 5.32 Å². The van der Waals surface area contributed by atoms with Crippen LogP contribution in [0, 0.1) is 11.8 Å². The van der Waals surface area contributed by atoms with Gasteiger partial charge in [0.25, 0.3) is 0 Å². The van der Waals surface area contributed by atoms with Crippen molar-refractivity contribution >= 4 is 57.9 Å². The van der Waals surface area contributed by atoms with E-state index in [1.54, 1.807) is 23.1 Å². The lowest BCUT2D eigenvalue weighted by Crippen LogP contribution is -2.56. The molecule has 37 heavy (non-hydrogen) atoms. The molecule has 3 fully saturated rings. The molecule has 7 nitrogen and oxygen atoms in total. The van der Waals surface area contributed by atoms with Crippen molar-refractivity contribution in [3.05, 3.63) is 62.8 Å². The molecule has 1 aliphatic carbocycles. The second kappa shape index (κ2) is 9.73. The number of halogens is 2. The summed E-state index contributed by atoms with van der Waals surface area (Å²) in [6, 6.07) is 7.94. The SMILES string of the molecule is O=C(Nc1ccc(Cl)c(Cl)c1)C1[C@H]2C=CC3(O2)C(C(=O)NC2CCCCC2)N(Cc2cccs2)C(=O)[C@@H]13. The first-order valence-corrected chi connectivity index (χ1v) is 14.3. The number of nitrogens with zero attached hydrogens (tertiary/aromatic N) is 1. The molecule has 3 aliphatic heterocycles. The molecule has 5 atom stereocenters. The largest absolute Gasteiger partial charge is 0.359 e. The van der Waals surface area contributed by atoms with E-state index in [0.717, 1.165) is 30.6 Å². The number of hydrogen-bond donors (Lipinski definition) is 2. The number of anilines is 1. The highest BCUT2D eigenvalue weighted by atomic mass is 35.5. The van der Waals surface area contributed by atoms with E-state index >= 15 is 0 Å². The summed E-state index contributed by atoms with van der Waals surface area (Å²) in [5.41, 5.74) is -0.704. The normalized spacial score (nSPS) is 30.5. The number of carbonyl (C=O) groups excluding carboxylic acids is 3. The van der Waals surface area contributed by atoms with E-state index < -0.39 is 29.6 Å². The van der Waals surface area contributed by atoms with Crippen LogP contribution in [0.25, 0.3) is 0 Å². The third-order valence-corrected chi connectivity index (χ3v) is 9.57. The van der Waals surface area contributed by atoms with Crippen molar-refractivity contribution in [3.8, 4) is 0 Å². The van der Waals surface area contributed by atoms with E-state index in [9.17, 15) is 14.4 Å². The highest BCUT2D eigenvalue weighted by Gasteiger charge is 2.72. The number of hydrogen-bond acceptors (Lipinski definition) is 5. The number of carbonyl (C=O) groups is 3. The average Bonchev–Trinajstić information content (AvgIpc) is 3.65. The summed E-state index contributed by atoms with van der Waals surface area (Å²) in [5.74, 6) is -2.37. The summed E-state index contributed by atoms with van der Waals surface area (Å²) in [4.78, 5) is 43.9. The minimum Gasteiger partial charge on any atom is -0.359 e. The van der Waals surface area contributed by atoms with Gasteiger partial charge in [0.2, 0.25) is 17.7 Å². The van der Waals surface area contributed by atoms with Gasteiger partial charge in [0.15, 0.2) is 0 Å². The molecule has 3 amide bonds. The maximum atomic E-state index is 14.0. The van der Waals surface area contributed by atoms with Gasteiger partial charge < -0.3 is 20.3 Å².